The summed E-state index contributed by atoms with van der Waals surface area (Å²) in [5.41, 5.74) is 0.783. The summed E-state index contributed by atoms with van der Waals surface area (Å²) in [6, 6.07) is 12.5. The quantitative estimate of drug-likeness (QED) is 0.778. The molecule has 116 valence electrons. The van der Waals surface area contributed by atoms with Gasteiger partial charge < -0.3 is 14.6 Å². The second-order valence-electron chi connectivity index (χ2n) is 4.68. The summed E-state index contributed by atoms with van der Waals surface area (Å²) in [4.78, 5) is 20.2. The van der Waals surface area contributed by atoms with Crippen LogP contribution in [0.25, 0.3) is 11.4 Å². The van der Waals surface area contributed by atoms with Gasteiger partial charge in [-0.15, -0.1) is 0 Å². The van der Waals surface area contributed by atoms with E-state index in [2.05, 4.69) is 20.4 Å². The predicted octanol–water partition coefficient (Wildman–Crippen LogP) is 2.32. The van der Waals surface area contributed by atoms with E-state index in [1.807, 2.05) is 12.1 Å². The zero-order valence-corrected chi connectivity index (χ0v) is 12.4. The molecule has 1 aromatic carbocycles. The number of carbonyl (C=O) groups is 1. The minimum absolute atomic E-state index is 0.0142. The van der Waals surface area contributed by atoms with Crippen LogP contribution in [0.3, 0.4) is 0 Å². The van der Waals surface area contributed by atoms with Gasteiger partial charge in [0.25, 0.3) is 0 Å². The van der Waals surface area contributed by atoms with Crippen molar-refractivity contribution in [1.29, 1.82) is 0 Å². The molecule has 0 unspecified atom stereocenters. The Labute approximate surface area is 132 Å². The SMILES string of the molecule is COc1ccc(-c2noc(CC(=O)Nc3ccccn3)n2)cc1. The fourth-order valence-corrected chi connectivity index (χ4v) is 1.95. The molecule has 0 aliphatic heterocycles. The first-order chi connectivity index (χ1) is 11.2. The van der Waals surface area contributed by atoms with Gasteiger partial charge in [-0.05, 0) is 36.4 Å². The third-order valence-electron chi connectivity index (χ3n) is 3.06. The van der Waals surface area contributed by atoms with Crippen LogP contribution in [-0.4, -0.2) is 28.1 Å². The predicted molar refractivity (Wildman–Crippen MR) is 82.9 cm³/mol. The minimum atomic E-state index is -0.270. The third-order valence-corrected chi connectivity index (χ3v) is 3.06. The number of anilines is 1. The van der Waals surface area contributed by atoms with Crippen molar-refractivity contribution in [2.75, 3.05) is 12.4 Å². The first-order valence-electron chi connectivity index (χ1n) is 6.92. The Hall–Kier alpha value is -3.22. The Morgan fingerprint density at radius 1 is 1.22 bits per heavy atom. The number of amides is 1. The molecular weight excluding hydrogens is 296 g/mol. The standard InChI is InChI=1S/C16H14N4O3/c1-22-12-7-5-11(6-8-12)16-19-15(23-20-16)10-14(21)18-13-4-2-3-9-17-13/h2-9H,10H2,1H3,(H,17,18,21). The van der Waals surface area contributed by atoms with Crippen molar-refractivity contribution in [3.63, 3.8) is 0 Å². The lowest BCUT2D eigenvalue weighted by Gasteiger charge is -2.00. The molecule has 1 N–H and O–H groups in total. The molecule has 0 fully saturated rings. The highest BCUT2D eigenvalue weighted by atomic mass is 16.5. The van der Waals surface area contributed by atoms with Crippen LogP contribution in [0.1, 0.15) is 5.89 Å². The molecule has 0 bridgehead atoms. The van der Waals surface area contributed by atoms with Crippen molar-refractivity contribution in [3.8, 4) is 17.1 Å². The fourth-order valence-electron chi connectivity index (χ4n) is 1.95. The molecule has 1 amide bonds. The fraction of sp³-hybridized carbons (Fsp3) is 0.125. The van der Waals surface area contributed by atoms with Crippen molar-refractivity contribution in [2.45, 2.75) is 6.42 Å². The highest BCUT2D eigenvalue weighted by Crippen LogP contribution is 2.19. The number of benzene rings is 1. The Morgan fingerprint density at radius 2 is 2.04 bits per heavy atom. The van der Waals surface area contributed by atoms with Crippen molar-refractivity contribution in [2.24, 2.45) is 0 Å². The van der Waals surface area contributed by atoms with Crippen LogP contribution in [0.15, 0.2) is 53.2 Å². The second-order valence-corrected chi connectivity index (χ2v) is 4.68. The Balaban J connectivity index is 1.65. The van der Waals surface area contributed by atoms with Crippen LogP contribution in [-0.2, 0) is 11.2 Å². The summed E-state index contributed by atoms with van der Waals surface area (Å²) < 4.78 is 10.2. The van der Waals surface area contributed by atoms with Crippen molar-refractivity contribution >= 4 is 11.7 Å². The summed E-state index contributed by atoms with van der Waals surface area (Å²) in [6.45, 7) is 0. The summed E-state index contributed by atoms with van der Waals surface area (Å²) in [6.07, 6.45) is 1.59. The smallest absolute Gasteiger partial charge is 0.236 e. The molecule has 7 nitrogen and oxygen atoms in total. The summed E-state index contributed by atoms with van der Waals surface area (Å²) in [5.74, 6) is 1.62. The number of aromatic nitrogens is 3. The highest BCUT2D eigenvalue weighted by Gasteiger charge is 2.13. The maximum atomic E-state index is 11.9. The maximum absolute atomic E-state index is 11.9. The van der Waals surface area contributed by atoms with Crippen molar-refractivity contribution < 1.29 is 14.1 Å². The number of hydrogen-bond acceptors (Lipinski definition) is 6. The van der Waals surface area contributed by atoms with Crippen LogP contribution >= 0.6 is 0 Å². The first kappa shape index (κ1) is 14.7. The van der Waals surface area contributed by atoms with Gasteiger partial charge in [0.15, 0.2) is 0 Å². The van der Waals surface area contributed by atoms with Gasteiger partial charge in [-0.1, -0.05) is 11.2 Å². The monoisotopic (exact) mass is 310 g/mol. The minimum Gasteiger partial charge on any atom is -0.497 e. The molecule has 7 heteroatoms. The van der Waals surface area contributed by atoms with E-state index in [4.69, 9.17) is 9.26 Å². The number of nitrogens with zero attached hydrogens (tertiary/aromatic N) is 3. The van der Waals surface area contributed by atoms with Gasteiger partial charge >= 0.3 is 0 Å². The van der Waals surface area contributed by atoms with Crippen LogP contribution in [0, 0.1) is 0 Å². The number of methoxy groups -OCH3 is 1. The molecule has 0 spiro atoms. The van der Waals surface area contributed by atoms with E-state index in [0.717, 1.165) is 11.3 Å². The Morgan fingerprint density at radius 3 is 2.74 bits per heavy atom. The number of pyridine rings is 1. The number of nitrogens with one attached hydrogen (secondary N) is 1. The molecule has 3 rings (SSSR count). The van der Waals surface area contributed by atoms with Crippen LogP contribution in [0.4, 0.5) is 5.82 Å². The zero-order valence-electron chi connectivity index (χ0n) is 12.4. The molecule has 3 aromatic rings. The van der Waals surface area contributed by atoms with E-state index in [0.29, 0.717) is 11.6 Å². The molecule has 2 aromatic heterocycles. The maximum Gasteiger partial charge on any atom is 0.236 e. The largest absolute Gasteiger partial charge is 0.497 e. The number of ether oxygens (including phenoxy) is 1. The molecule has 0 saturated heterocycles. The van der Waals surface area contributed by atoms with E-state index in [-0.39, 0.29) is 18.2 Å². The first-order valence-corrected chi connectivity index (χ1v) is 6.92. The average Bonchev–Trinajstić information content (AvgIpc) is 3.04. The van der Waals surface area contributed by atoms with Crippen LogP contribution in [0.5, 0.6) is 5.75 Å². The topological polar surface area (TPSA) is 90.1 Å². The average molecular weight is 310 g/mol. The van der Waals surface area contributed by atoms with Gasteiger partial charge in [0.1, 0.15) is 18.0 Å². The second kappa shape index (κ2) is 6.69. The molecule has 0 aliphatic rings. The van der Waals surface area contributed by atoms with Gasteiger partial charge in [0.05, 0.1) is 7.11 Å². The van der Waals surface area contributed by atoms with Crippen molar-refractivity contribution in [3.05, 3.63) is 54.6 Å². The normalized spacial score (nSPS) is 10.3. The number of hydrogen-bond donors (Lipinski definition) is 1. The zero-order chi connectivity index (χ0) is 16.1. The lowest BCUT2D eigenvalue weighted by Crippen LogP contribution is -2.15. The third kappa shape index (κ3) is 3.70. The Kier molecular flexibility index (Phi) is 4.28. The van der Waals surface area contributed by atoms with Gasteiger partial charge in [-0.2, -0.15) is 4.98 Å². The number of carbonyl (C=O) groups excluding carboxylic acids is 1. The van der Waals surface area contributed by atoms with E-state index >= 15 is 0 Å². The van der Waals surface area contributed by atoms with Crippen LogP contribution in [0.2, 0.25) is 0 Å². The molecule has 23 heavy (non-hydrogen) atoms. The Bertz CT molecular complexity index is 785. The lowest BCUT2D eigenvalue weighted by molar-refractivity contribution is -0.115. The molecule has 0 atom stereocenters. The van der Waals surface area contributed by atoms with E-state index in [1.165, 1.54) is 0 Å². The molecule has 0 saturated carbocycles. The van der Waals surface area contributed by atoms with E-state index in [9.17, 15) is 4.79 Å². The summed E-state index contributed by atoms with van der Waals surface area (Å²) >= 11 is 0. The van der Waals surface area contributed by atoms with Crippen molar-refractivity contribution in [1.82, 2.24) is 15.1 Å². The van der Waals surface area contributed by atoms with Gasteiger partial charge in [0, 0.05) is 11.8 Å². The van der Waals surface area contributed by atoms with E-state index < -0.39 is 0 Å². The molecule has 2 heterocycles. The summed E-state index contributed by atoms with van der Waals surface area (Å²) in [5, 5.41) is 6.54. The molecule has 0 aliphatic carbocycles. The van der Waals surface area contributed by atoms with E-state index in [1.54, 1.807) is 43.6 Å². The molecule has 0 radical (unpaired) electrons. The highest BCUT2D eigenvalue weighted by molar-refractivity contribution is 5.90. The van der Waals surface area contributed by atoms with Gasteiger partial charge in [-0.3, -0.25) is 4.79 Å². The van der Waals surface area contributed by atoms with Crippen LogP contribution < -0.4 is 10.1 Å². The van der Waals surface area contributed by atoms with Gasteiger partial charge in [-0.25, -0.2) is 4.98 Å². The summed E-state index contributed by atoms with van der Waals surface area (Å²) in [7, 11) is 1.60. The number of rotatable bonds is 5. The van der Waals surface area contributed by atoms with Gasteiger partial charge in [0.2, 0.25) is 17.6 Å². The lowest BCUT2D eigenvalue weighted by atomic mass is 10.2. The molecular formula is C16H14N4O3.